The molecular weight excluding hydrogens is 514 g/mol. The lowest BCUT2D eigenvalue weighted by Crippen LogP contribution is -2.37. The van der Waals surface area contributed by atoms with Gasteiger partial charge in [-0.25, -0.2) is 4.39 Å². The van der Waals surface area contributed by atoms with Crippen LogP contribution in [0.15, 0.2) is 24.3 Å². The van der Waals surface area contributed by atoms with Crippen LogP contribution < -0.4 is 4.74 Å². The molecule has 4 heteroatoms. The summed E-state index contributed by atoms with van der Waals surface area (Å²) in [6.45, 7) is 5.44. The zero-order chi connectivity index (χ0) is 28.6. The average molecular weight is 571 g/mol. The Morgan fingerprint density at radius 1 is 0.756 bits per heavy atom. The van der Waals surface area contributed by atoms with Gasteiger partial charge in [0.25, 0.3) is 0 Å². The Kier molecular flexibility index (Phi) is 11.6. The summed E-state index contributed by atoms with van der Waals surface area (Å²) in [5, 5.41) is 0. The van der Waals surface area contributed by atoms with Gasteiger partial charge in [0.05, 0.1) is 19.3 Å². The van der Waals surface area contributed by atoms with Crippen molar-refractivity contribution in [3.63, 3.8) is 0 Å². The minimum atomic E-state index is -0.822. The van der Waals surface area contributed by atoms with Crippen molar-refractivity contribution in [3.8, 4) is 5.75 Å². The second kappa shape index (κ2) is 15.3. The van der Waals surface area contributed by atoms with Crippen LogP contribution in [0.1, 0.15) is 134 Å². The van der Waals surface area contributed by atoms with Gasteiger partial charge in [-0.1, -0.05) is 38.0 Å². The third-order valence-electron chi connectivity index (χ3n) is 11.6. The molecule has 1 heterocycles. The predicted molar refractivity (Wildman–Crippen MR) is 164 cm³/mol. The fourth-order valence-corrected chi connectivity index (χ4v) is 9.06. The molecule has 2 atom stereocenters. The van der Waals surface area contributed by atoms with E-state index in [2.05, 4.69) is 19.1 Å². The van der Waals surface area contributed by atoms with Crippen molar-refractivity contribution in [2.24, 2.45) is 35.5 Å². The number of allylic oxidation sites excluding steroid dienone is 2. The van der Waals surface area contributed by atoms with Crippen LogP contribution in [0.4, 0.5) is 8.78 Å². The number of hydrogen-bond acceptors (Lipinski definition) is 2. The lowest BCUT2D eigenvalue weighted by molar-refractivity contribution is -0.0733. The summed E-state index contributed by atoms with van der Waals surface area (Å²) >= 11 is 0. The normalized spacial score (nSPS) is 35.0. The summed E-state index contributed by atoms with van der Waals surface area (Å²) < 4.78 is 41.4. The zero-order valence-electron chi connectivity index (χ0n) is 25.9. The highest BCUT2D eigenvalue weighted by Crippen LogP contribution is 2.46. The highest BCUT2D eigenvalue weighted by Gasteiger charge is 2.37. The Labute approximate surface area is 249 Å². The maximum absolute atomic E-state index is 14.9. The van der Waals surface area contributed by atoms with E-state index in [-0.39, 0.29) is 11.7 Å². The molecule has 0 bridgehead atoms. The molecule has 3 saturated carbocycles. The second-order valence-electron chi connectivity index (χ2n) is 14.1. The molecule has 1 aromatic carbocycles. The van der Waals surface area contributed by atoms with E-state index in [1.54, 1.807) is 12.1 Å². The SMILES string of the molecule is C/C=C/CCC1CCC(C2CCC(C3CCC(C4CCC(c5ccc(OCCC)c(F)c5F)CC4)OC3)CC2)CC1. The first-order chi connectivity index (χ1) is 20.1. The van der Waals surface area contributed by atoms with E-state index in [4.69, 9.17) is 9.47 Å². The van der Waals surface area contributed by atoms with Gasteiger partial charge in [0, 0.05) is 0 Å². The summed E-state index contributed by atoms with van der Waals surface area (Å²) in [4.78, 5) is 0. The lowest BCUT2D eigenvalue weighted by Gasteiger charge is -2.43. The third-order valence-corrected chi connectivity index (χ3v) is 11.6. The van der Waals surface area contributed by atoms with E-state index in [1.807, 2.05) is 6.92 Å². The summed E-state index contributed by atoms with van der Waals surface area (Å²) in [6, 6.07) is 3.37. The van der Waals surface area contributed by atoms with Crippen molar-refractivity contribution in [1.82, 2.24) is 0 Å². The van der Waals surface area contributed by atoms with E-state index in [0.29, 0.717) is 24.2 Å². The van der Waals surface area contributed by atoms with Gasteiger partial charge >= 0.3 is 0 Å². The fraction of sp³-hybridized carbons (Fsp3) is 0.784. The Balaban J connectivity index is 1.00. The summed E-state index contributed by atoms with van der Waals surface area (Å²) in [6.07, 6.45) is 26.4. The lowest BCUT2D eigenvalue weighted by atomic mass is 9.66. The molecule has 2 unspecified atom stereocenters. The first-order valence-corrected chi connectivity index (χ1v) is 17.4. The highest BCUT2D eigenvalue weighted by molar-refractivity contribution is 5.33. The van der Waals surface area contributed by atoms with Gasteiger partial charge in [-0.15, -0.1) is 0 Å². The molecule has 1 aromatic rings. The molecule has 4 fully saturated rings. The van der Waals surface area contributed by atoms with Crippen LogP contribution in [0.5, 0.6) is 5.75 Å². The Morgan fingerprint density at radius 3 is 1.98 bits per heavy atom. The van der Waals surface area contributed by atoms with Crippen molar-refractivity contribution < 1.29 is 18.3 Å². The van der Waals surface area contributed by atoms with Gasteiger partial charge in [-0.3, -0.25) is 0 Å². The van der Waals surface area contributed by atoms with E-state index in [0.717, 1.165) is 68.3 Å². The predicted octanol–water partition coefficient (Wildman–Crippen LogP) is 10.8. The van der Waals surface area contributed by atoms with Gasteiger partial charge in [-0.2, -0.15) is 4.39 Å². The maximum atomic E-state index is 14.9. The molecule has 0 amide bonds. The molecule has 4 aliphatic rings. The third kappa shape index (κ3) is 7.95. The van der Waals surface area contributed by atoms with Crippen LogP contribution in [0.2, 0.25) is 0 Å². The van der Waals surface area contributed by atoms with Crippen molar-refractivity contribution in [3.05, 3.63) is 41.5 Å². The first kappa shape index (κ1) is 31.0. The van der Waals surface area contributed by atoms with Crippen molar-refractivity contribution in [1.29, 1.82) is 0 Å². The van der Waals surface area contributed by atoms with Crippen LogP contribution >= 0.6 is 0 Å². The van der Waals surface area contributed by atoms with Crippen LogP contribution in [-0.4, -0.2) is 19.3 Å². The summed E-state index contributed by atoms with van der Waals surface area (Å²) in [7, 11) is 0. The Morgan fingerprint density at radius 2 is 1.37 bits per heavy atom. The highest BCUT2D eigenvalue weighted by atomic mass is 19.2. The molecule has 5 rings (SSSR count). The molecule has 0 aromatic heterocycles. The van der Waals surface area contributed by atoms with E-state index < -0.39 is 11.6 Å². The number of benzene rings is 1. The largest absolute Gasteiger partial charge is 0.490 e. The molecule has 0 spiro atoms. The van der Waals surface area contributed by atoms with Crippen molar-refractivity contribution >= 4 is 0 Å². The molecule has 1 saturated heterocycles. The monoisotopic (exact) mass is 570 g/mol. The first-order valence-electron chi connectivity index (χ1n) is 17.4. The van der Waals surface area contributed by atoms with Crippen LogP contribution in [-0.2, 0) is 4.74 Å². The van der Waals surface area contributed by atoms with Gasteiger partial charge in [-0.05, 0) is 156 Å². The van der Waals surface area contributed by atoms with Crippen molar-refractivity contribution in [2.45, 2.75) is 135 Å². The molecule has 2 nitrogen and oxygen atoms in total. The summed E-state index contributed by atoms with van der Waals surface area (Å²) in [5.74, 6) is 3.73. The Bertz CT molecular complexity index is 944. The molecule has 230 valence electrons. The fourth-order valence-electron chi connectivity index (χ4n) is 9.06. The minimum absolute atomic E-state index is 0.0405. The standard InChI is InChI=1S/C37H56F2O2/c1-3-5-6-7-26-8-10-27(11-9-26)28-12-14-29(15-13-28)32-20-22-34(41-25-32)31-18-16-30(17-19-31)33-21-23-35(40-24-4-2)37(39)36(33)38/h3,5,21,23,26-32,34H,4,6-20,22,24-25H2,1-2H3/b5-3+. The van der Waals surface area contributed by atoms with Crippen LogP contribution in [0.3, 0.4) is 0 Å². The average Bonchev–Trinajstić information content (AvgIpc) is 3.03. The quantitative estimate of drug-likeness (QED) is 0.261. The number of hydrogen-bond donors (Lipinski definition) is 0. The van der Waals surface area contributed by atoms with Gasteiger partial charge in [0.1, 0.15) is 0 Å². The van der Waals surface area contributed by atoms with E-state index in [9.17, 15) is 8.78 Å². The van der Waals surface area contributed by atoms with E-state index in [1.165, 1.54) is 77.0 Å². The number of halogens is 2. The topological polar surface area (TPSA) is 18.5 Å². The van der Waals surface area contributed by atoms with Crippen LogP contribution in [0.25, 0.3) is 0 Å². The number of ether oxygens (including phenoxy) is 2. The molecule has 3 aliphatic carbocycles. The molecule has 1 aliphatic heterocycles. The summed E-state index contributed by atoms with van der Waals surface area (Å²) in [5.41, 5.74) is 0.530. The van der Waals surface area contributed by atoms with Gasteiger partial charge in [0.2, 0.25) is 5.82 Å². The maximum Gasteiger partial charge on any atom is 0.200 e. The minimum Gasteiger partial charge on any atom is -0.490 e. The number of rotatable bonds is 10. The van der Waals surface area contributed by atoms with Crippen LogP contribution in [0, 0.1) is 47.1 Å². The smallest absolute Gasteiger partial charge is 0.200 e. The van der Waals surface area contributed by atoms with Gasteiger partial charge in [0.15, 0.2) is 11.6 Å². The molecule has 0 radical (unpaired) electrons. The zero-order valence-corrected chi connectivity index (χ0v) is 25.9. The van der Waals surface area contributed by atoms with Crippen molar-refractivity contribution in [2.75, 3.05) is 13.2 Å². The molecule has 0 N–H and O–H groups in total. The molecular formula is C37H56F2O2. The van der Waals surface area contributed by atoms with Gasteiger partial charge < -0.3 is 9.47 Å². The second-order valence-corrected chi connectivity index (χ2v) is 14.1. The molecule has 41 heavy (non-hydrogen) atoms. The Hall–Kier alpha value is -1.42. The van der Waals surface area contributed by atoms with E-state index >= 15 is 0 Å².